The number of hydrogen-bond donors (Lipinski definition) is 0. The average Bonchev–Trinajstić information content (AvgIpc) is 2.25. The minimum Gasteiger partial charge on any atom is -0.456 e. The molecule has 6 heteroatoms. The summed E-state index contributed by atoms with van der Waals surface area (Å²) in [7, 11) is 0. The lowest BCUT2D eigenvalue weighted by molar-refractivity contribution is -0.385. The largest absolute Gasteiger partial charge is 0.456 e. The summed E-state index contributed by atoms with van der Waals surface area (Å²) in [5.41, 5.74) is 0.458. The molecule has 0 aliphatic heterocycles. The van der Waals surface area contributed by atoms with Crippen LogP contribution < -0.4 is 0 Å². The molecule has 0 fully saturated rings. The fraction of sp³-hybridized carbons (Fsp3) is 0.300. The molecule has 0 heterocycles. The number of carbonyl (C=O) groups excluding carboxylic acids is 1. The van der Waals surface area contributed by atoms with Crippen molar-refractivity contribution in [2.24, 2.45) is 0 Å². The molecule has 1 aromatic carbocycles. The van der Waals surface area contributed by atoms with E-state index in [9.17, 15) is 14.9 Å². The van der Waals surface area contributed by atoms with Gasteiger partial charge >= 0.3 is 5.97 Å². The second-order valence-electron chi connectivity index (χ2n) is 3.10. The number of ether oxygens (including phenoxy) is 1. The van der Waals surface area contributed by atoms with Crippen molar-refractivity contribution in [3.05, 3.63) is 39.9 Å². The van der Waals surface area contributed by atoms with Gasteiger partial charge in [-0.25, -0.2) is 0 Å². The number of halogens is 1. The zero-order chi connectivity index (χ0) is 12.1. The number of non-ortho nitro benzene ring substituents is 1. The number of carbonyl (C=O) groups is 1. The first-order chi connectivity index (χ1) is 7.54. The highest BCUT2D eigenvalue weighted by molar-refractivity contribution is 6.18. The van der Waals surface area contributed by atoms with Crippen molar-refractivity contribution >= 4 is 23.3 Å². The Hall–Kier alpha value is -1.62. The average molecular weight is 244 g/mol. The van der Waals surface area contributed by atoms with Gasteiger partial charge in [0.15, 0.2) is 0 Å². The van der Waals surface area contributed by atoms with Crippen molar-refractivity contribution in [3.63, 3.8) is 0 Å². The van der Waals surface area contributed by atoms with E-state index >= 15 is 0 Å². The lowest BCUT2D eigenvalue weighted by Gasteiger charge is -2.13. The number of alkyl halides is 1. The van der Waals surface area contributed by atoms with Gasteiger partial charge in [0.2, 0.25) is 0 Å². The van der Waals surface area contributed by atoms with Crippen molar-refractivity contribution in [2.75, 3.05) is 5.88 Å². The molecule has 1 atom stereocenters. The van der Waals surface area contributed by atoms with E-state index in [0.29, 0.717) is 5.56 Å². The summed E-state index contributed by atoms with van der Waals surface area (Å²) in [5.74, 6) is -0.419. The highest BCUT2D eigenvalue weighted by atomic mass is 35.5. The zero-order valence-corrected chi connectivity index (χ0v) is 9.31. The minimum atomic E-state index is -0.654. The molecule has 86 valence electrons. The van der Waals surface area contributed by atoms with Crippen molar-refractivity contribution in [2.45, 2.75) is 13.0 Å². The third-order valence-corrected chi connectivity index (χ3v) is 2.18. The van der Waals surface area contributed by atoms with Gasteiger partial charge in [-0.05, 0) is 0 Å². The van der Waals surface area contributed by atoms with Crippen molar-refractivity contribution < 1.29 is 14.5 Å². The summed E-state index contributed by atoms with van der Waals surface area (Å²) >= 11 is 5.63. The van der Waals surface area contributed by atoms with E-state index in [1.165, 1.54) is 25.1 Å². The van der Waals surface area contributed by atoms with Crippen LogP contribution in [-0.2, 0) is 9.53 Å². The summed E-state index contributed by atoms with van der Waals surface area (Å²) in [5, 5.41) is 10.6. The first-order valence-corrected chi connectivity index (χ1v) is 5.05. The Balaban J connectivity index is 2.96. The van der Waals surface area contributed by atoms with Crippen LogP contribution in [0.4, 0.5) is 5.69 Å². The van der Waals surface area contributed by atoms with Gasteiger partial charge in [-0.1, -0.05) is 12.1 Å². The van der Waals surface area contributed by atoms with Gasteiger partial charge in [-0.2, -0.15) is 0 Å². The maximum absolute atomic E-state index is 10.8. The Morgan fingerprint density at radius 2 is 2.31 bits per heavy atom. The van der Waals surface area contributed by atoms with Gasteiger partial charge in [-0.15, -0.1) is 11.6 Å². The SMILES string of the molecule is CC(=O)OC(CCl)c1cccc([N+](=O)[O-])c1. The van der Waals surface area contributed by atoms with Crippen LogP contribution in [0.2, 0.25) is 0 Å². The predicted molar refractivity (Wildman–Crippen MR) is 58.3 cm³/mol. The Labute approximate surface area is 97.1 Å². The molecule has 0 bridgehead atoms. The summed E-state index contributed by atoms with van der Waals surface area (Å²) in [6.45, 7) is 1.26. The Kier molecular flexibility index (Phi) is 4.25. The molecular weight excluding hydrogens is 234 g/mol. The van der Waals surface area contributed by atoms with E-state index in [1.54, 1.807) is 6.07 Å². The Morgan fingerprint density at radius 3 is 2.81 bits per heavy atom. The van der Waals surface area contributed by atoms with Gasteiger partial charge in [0, 0.05) is 24.6 Å². The van der Waals surface area contributed by atoms with Gasteiger partial charge in [0.1, 0.15) is 6.10 Å². The highest BCUT2D eigenvalue weighted by Crippen LogP contribution is 2.23. The second kappa shape index (κ2) is 5.46. The summed E-state index contributed by atoms with van der Waals surface area (Å²) < 4.78 is 4.93. The number of nitro groups is 1. The molecule has 0 aliphatic carbocycles. The quantitative estimate of drug-likeness (QED) is 0.352. The molecule has 0 aliphatic rings. The van der Waals surface area contributed by atoms with Crippen LogP contribution in [-0.4, -0.2) is 16.8 Å². The molecule has 0 amide bonds. The van der Waals surface area contributed by atoms with Crippen LogP contribution in [0, 0.1) is 10.1 Å². The molecule has 0 aromatic heterocycles. The predicted octanol–water partition coefficient (Wildman–Crippen LogP) is 2.44. The van der Waals surface area contributed by atoms with Crippen LogP contribution in [0.1, 0.15) is 18.6 Å². The lowest BCUT2D eigenvalue weighted by atomic mass is 10.1. The van der Waals surface area contributed by atoms with Crippen LogP contribution >= 0.6 is 11.6 Å². The molecule has 0 radical (unpaired) electrons. The van der Waals surface area contributed by atoms with Gasteiger partial charge < -0.3 is 4.74 Å². The van der Waals surface area contributed by atoms with Gasteiger partial charge in [-0.3, -0.25) is 14.9 Å². The number of hydrogen-bond acceptors (Lipinski definition) is 4. The van der Waals surface area contributed by atoms with Crippen molar-refractivity contribution in [1.82, 2.24) is 0 Å². The molecule has 0 saturated carbocycles. The second-order valence-corrected chi connectivity index (χ2v) is 3.41. The van der Waals surface area contributed by atoms with Crippen LogP contribution in [0.3, 0.4) is 0 Å². The maximum Gasteiger partial charge on any atom is 0.303 e. The Morgan fingerprint density at radius 1 is 1.62 bits per heavy atom. The van der Waals surface area contributed by atoms with Crippen molar-refractivity contribution in [3.8, 4) is 0 Å². The zero-order valence-electron chi connectivity index (χ0n) is 8.55. The summed E-state index contributed by atoms with van der Waals surface area (Å²) in [6.07, 6.45) is -0.654. The molecule has 1 rings (SSSR count). The fourth-order valence-corrected chi connectivity index (χ4v) is 1.47. The Bertz CT molecular complexity index is 408. The number of nitro benzene ring substituents is 1. The normalized spacial score (nSPS) is 11.9. The van der Waals surface area contributed by atoms with E-state index in [0.717, 1.165) is 0 Å². The molecule has 16 heavy (non-hydrogen) atoms. The fourth-order valence-electron chi connectivity index (χ4n) is 1.23. The molecule has 0 spiro atoms. The number of esters is 1. The molecule has 1 aromatic rings. The molecule has 1 unspecified atom stereocenters. The van der Waals surface area contributed by atoms with E-state index < -0.39 is 17.0 Å². The van der Waals surface area contributed by atoms with E-state index in [-0.39, 0.29) is 11.6 Å². The van der Waals surface area contributed by atoms with E-state index in [4.69, 9.17) is 16.3 Å². The molecule has 0 saturated heterocycles. The van der Waals surface area contributed by atoms with E-state index in [2.05, 4.69) is 0 Å². The van der Waals surface area contributed by atoms with Crippen molar-refractivity contribution in [1.29, 1.82) is 0 Å². The standard InChI is InChI=1S/C10H10ClNO4/c1-7(13)16-10(6-11)8-3-2-4-9(5-8)12(14)15/h2-5,10H,6H2,1H3. The molecule has 5 nitrogen and oxygen atoms in total. The number of benzene rings is 1. The van der Waals surface area contributed by atoms with E-state index in [1.807, 2.05) is 0 Å². The molecule has 0 N–H and O–H groups in total. The maximum atomic E-state index is 10.8. The highest BCUT2D eigenvalue weighted by Gasteiger charge is 2.16. The number of rotatable bonds is 4. The van der Waals surface area contributed by atoms with Crippen LogP contribution in [0.5, 0.6) is 0 Å². The van der Waals surface area contributed by atoms with Crippen LogP contribution in [0.25, 0.3) is 0 Å². The van der Waals surface area contributed by atoms with Gasteiger partial charge in [0.25, 0.3) is 5.69 Å². The minimum absolute atomic E-state index is 0.0558. The monoisotopic (exact) mass is 243 g/mol. The van der Waals surface area contributed by atoms with Gasteiger partial charge in [0.05, 0.1) is 10.8 Å². The smallest absolute Gasteiger partial charge is 0.303 e. The topological polar surface area (TPSA) is 69.4 Å². The third kappa shape index (κ3) is 3.20. The van der Waals surface area contributed by atoms with Crippen LogP contribution in [0.15, 0.2) is 24.3 Å². The molecular formula is C10H10ClNO4. The summed E-state index contributed by atoms with van der Waals surface area (Å²) in [4.78, 5) is 20.8. The number of nitrogens with zero attached hydrogens (tertiary/aromatic N) is 1. The first-order valence-electron chi connectivity index (χ1n) is 4.52. The third-order valence-electron chi connectivity index (χ3n) is 1.90. The summed E-state index contributed by atoms with van der Waals surface area (Å²) in [6, 6.07) is 5.86. The first kappa shape index (κ1) is 12.4. The lowest BCUT2D eigenvalue weighted by Crippen LogP contribution is -2.10.